The Bertz CT molecular complexity index is 628. The zero-order valence-electron chi connectivity index (χ0n) is 14.5. The molecule has 0 saturated carbocycles. The third-order valence-electron chi connectivity index (χ3n) is 3.89. The van der Waals surface area contributed by atoms with Gasteiger partial charge in [-0.15, -0.1) is 0 Å². The van der Waals surface area contributed by atoms with Gasteiger partial charge < -0.3 is 9.88 Å². The lowest BCUT2D eigenvalue weighted by molar-refractivity contribution is -0.116. The minimum atomic E-state index is 0.0289. The van der Waals surface area contributed by atoms with Crippen molar-refractivity contribution in [3.05, 3.63) is 30.5 Å². The molecule has 0 aliphatic carbocycles. The molecule has 0 aliphatic heterocycles. The molecule has 2 heterocycles. The first kappa shape index (κ1) is 17.2. The maximum Gasteiger partial charge on any atom is 0.225 e. The van der Waals surface area contributed by atoms with Gasteiger partial charge in [-0.2, -0.15) is 5.10 Å². The molecule has 2 aromatic heterocycles. The average Bonchev–Trinajstić information content (AvgIpc) is 3.08. The molecule has 0 radical (unpaired) electrons. The summed E-state index contributed by atoms with van der Waals surface area (Å²) in [5.74, 6) is 2.38. The van der Waals surface area contributed by atoms with Crippen molar-refractivity contribution < 1.29 is 4.79 Å². The summed E-state index contributed by atoms with van der Waals surface area (Å²) in [5, 5.41) is 7.32. The van der Waals surface area contributed by atoms with Gasteiger partial charge in [0.1, 0.15) is 11.6 Å². The van der Waals surface area contributed by atoms with Crippen LogP contribution in [-0.4, -0.2) is 25.2 Å². The molecule has 0 saturated heterocycles. The molecule has 0 aliphatic rings. The van der Waals surface area contributed by atoms with Gasteiger partial charge in [0.15, 0.2) is 0 Å². The number of hydrogen-bond acceptors (Lipinski definition) is 3. The van der Waals surface area contributed by atoms with Crippen LogP contribution >= 0.6 is 0 Å². The predicted octanol–water partition coefficient (Wildman–Crippen LogP) is 3.41. The Hall–Kier alpha value is -2.11. The van der Waals surface area contributed by atoms with Crippen molar-refractivity contribution in [3.63, 3.8) is 0 Å². The highest BCUT2D eigenvalue weighted by atomic mass is 16.1. The lowest BCUT2D eigenvalue weighted by Crippen LogP contribution is -2.18. The van der Waals surface area contributed by atoms with Crippen molar-refractivity contribution >= 4 is 11.7 Å². The van der Waals surface area contributed by atoms with Crippen LogP contribution in [0.2, 0.25) is 0 Å². The number of imidazole rings is 1. The summed E-state index contributed by atoms with van der Waals surface area (Å²) >= 11 is 0. The zero-order chi connectivity index (χ0) is 16.8. The molecule has 1 N–H and O–H groups in total. The van der Waals surface area contributed by atoms with Crippen LogP contribution in [0.3, 0.4) is 0 Å². The van der Waals surface area contributed by atoms with E-state index in [0.29, 0.717) is 12.3 Å². The van der Waals surface area contributed by atoms with Gasteiger partial charge in [-0.1, -0.05) is 13.8 Å². The molecule has 2 rings (SSSR count). The Morgan fingerprint density at radius 1 is 1.30 bits per heavy atom. The third-order valence-corrected chi connectivity index (χ3v) is 3.89. The molecule has 0 aromatic carbocycles. The van der Waals surface area contributed by atoms with Gasteiger partial charge in [-0.25, -0.2) is 9.67 Å². The summed E-state index contributed by atoms with van der Waals surface area (Å²) in [5.41, 5.74) is 0. The summed E-state index contributed by atoms with van der Waals surface area (Å²) in [7, 11) is 0. The lowest BCUT2D eigenvalue weighted by Gasteiger charge is -2.17. The van der Waals surface area contributed by atoms with Crippen LogP contribution in [0, 0.1) is 12.8 Å². The van der Waals surface area contributed by atoms with E-state index in [4.69, 9.17) is 0 Å². The summed E-state index contributed by atoms with van der Waals surface area (Å²) in [6.07, 6.45) is 7.77. The third kappa shape index (κ3) is 4.94. The minimum absolute atomic E-state index is 0.0289. The number of rotatable bonds is 8. The van der Waals surface area contributed by atoms with E-state index >= 15 is 0 Å². The van der Waals surface area contributed by atoms with Gasteiger partial charge in [0.25, 0.3) is 0 Å². The van der Waals surface area contributed by atoms with Gasteiger partial charge in [-0.05, 0) is 32.6 Å². The van der Waals surface area contributed by atoms with Crippen molar-refractivity contribution in [1.29, 1.82) is 0 Å². The molecule has 0 spiro atoms. The number of nitrogens with zero attached hydrogens (tertiary/aromatic N) is 4. The second-order valence-corrected chi connectivity index (χ2v) is 6.46. The van der Waals surface area contributed by atoms with Crippen molar-refractivity contribution in [2.75, 3.05) is 5.32 Å². The number of amides is 1. The normalized spacial score (nSPS) is 12.6. The van der Waals surface area contributed by atoms with E-state index in [1.807, 2.05) is 23.9 Å². The van der Waals surface area contributed by atoms with Gasteiger partial charge in [-0.3, -0.25) is 4.79 Å². The van der Waals surface area contributed by atoms with Gasteiger partial charge in [0, 0.05) is 31.4 Å². The molecule has 126 valence electrons. The van der Waals surface area contributed by atoms with E-state index in [1.165, 1.54) is 0 Å². The van der Waals surface area contributed by atoms with Crippen molar-refractivity contribution in [3.8, 4) is 0 Å². The number of aromatic nitrogens is 4. The van der Waals surface area contributed by atoms with E-state index in [-0.39, 0.29) is 11.9 Å². The highest BCUT2D eigenvalue weighted by molar-refractivity contribution is 5.89. The fraction of sp³-hybridized carbons (Fsp3) is 0.588. The summed E-state index contributed by atoms with van der Waals surface area (Å²) < 4.78 is 3.96. The van der Waals surface area contributed by atoms with Gasteiger partial charge in [0.05, 0.1) is 12.2 Å². The van der Waals surface area contributed by atoms with E-state index in [1.54, 1.807) is 12.4 Å². The number of nitrogens with one attached hydrogen (secondary N) is 1. The first-order valence-electron chi connectivity index (χ1n) is 8.28. The Morgan fingerprint density at radius 2 is 2.09 bits per heavy atom. The second kappa shape index (κ2) is 7.94. The molecule has 0 unspecified atom stereocenters. The SMILES string of the molecule is Cc1nccn1CCCC(=O)Nc1ccnn1[C@@H](C)CC(C)C. The maximum absolute atomic E-state index is 12.1. The smallest absolute Gasteiger partial charge is 0.225 e. The standard InChI is InChI=1S/C17H27N5O/c1-13(2)12-14(3)22-16(7-8-19-22)20-17(23)6-5-10-21-11-9-18-15(21)4/h7-9,11,13-14H,5-6,10,12H2,1-4H3,(H,20,23)/t14-/m0/s1. The molecule has 6 heteroatoms. The van der Waals surface area contributed by atoms with E-state index in [2.05, 4.69) is 40.7 Å². The number of carbonyl (C=O) groups is 1. The Morgan fingerprint density at radius 3 is 2.74 bits per heavy atom. The Labute approximate surface area is 137 Å². The summed E-state index contributed by atoms with van der Waals surface area (Å²) in [6, 6.07) is 2.13. The Balaban J connectivity index is 1.83. The lowest BCUT2D eigenvalue weighted by atomic mass is 10.1. The minimum Gasteiger partial charge on any atom is -0.335 e. The fourth-order valence-electron chi connectivity index (χ4n) is 2.80. The summed E-state index contributed by atoms with van der Waals surface area (Å²) in [6.45, 7) is 9.29. The zero-order valence-corrected chi connectivity index (χ0v) is 14.5. The van der Waals surface area contributed by atoms with Crippen LogP contribution in [0.4, 0.5) is 5.82 Å². The van der Waals surface area contributed by atoms with Gasteiger partial charge >= 0.3 is 0 Å². The first-order chi connectivity index (χ1) is 11.0. The van der Waals surface area contributed by atoms with Crippen LogP contribution in [0.25, 0.3) is 0 Å². The second-order valence-electron chi connectivity index (χ2n) is 6.46. The molecule has 23 heavy (non-hydrogen) atoms. The highest BCUT2D eigenvalue weighted by Crippen LogP contribution is 2.20. The number of hydrogen-bond donors (Lipinski definition) is 1. The van der Waals surface area contributed by atoms with Crippen LogP contribution in [0.1, 0.15) is 51.9 Å². The van der Waals surface area contributed by atoms with Crippen molar-refractivity contribution in [2.24, 2.45) is 5.92 Å². The number of aryl methyl sites for hydroxylation is 2. The summed E-state index contributed by atoms with van der Waals surface area (Å²) in [4.78, 5) is 16.3. The average molecular weight is 317 g/mol. The first-order valence-corrected chi connectivity index (χ1v) is 8.28. The number of anilines is 1. The van der Waals surface area contributed by atoms with Crippen molar-refractivity contribution in [2.45, 2.75) is 59.5 Å². The molecular formula is C17H27N5O. The van der Waals surface area contributed by atoms with Gasteiger partial charge in [0.2, 0.25) is 5.91 Å². The van der Waals surface area contributed by atoms with E-state index in [9.17, 15) is 4.79 Å². The Kier molecular flexibility index (Phi) is 5.96. The number of carbonyl (C=O) groups excluding carboxylic acids is 1. The molecule has 6 nitrogen and oxygen atoms in total. The van der Waals surface area contributed by atoms with Crippen LogP contribution in [-0.2, 0) is 11.3 Å². The van der Waals surface area contributed by atoms with Crippen molar-refractivity contribution in [1.82, 2.24) is 19.3 Å². The van der Waals surface area contributed by atoms with Crippen LogP contribution in [0.5, 0.6) is 0 Å². The highest BCUT2D eigenvalue weighted by Gasteiger charge is 2.13. The largest absolute Gasteiger partial charge is 0.335 e. The molecule has 1 amide bonds. The molecule has 0 fully saturated rings. The van der Waals surface area contributed by atoms with Crippen LogP contribution < -0.4 is 5.32 Å². The monoisotopic (exact) mass is 317 g/mol. The molecule has 1 atom stereocenters. The van der Waals surface area contributed by atoms with Crippen LogP contribution in [0.15, 0.2) is 24.7 Å². The predicted molar refractivity (Wildman–Crippen MR) is 91.2 cm³/mol. The van der Waals surface area contributed by atoms with E-state index in [0.717, 1.165) is 31.0 Å². The maximum atomic E-state index is 12.1. The topological polar surface area (TPSA) is 64.7 Å². The van der Waals surface area contributed by atoms with E-state index < -0.39 is 0 Å². The quantitative estimate of drug-likeness (QED) is 0.811. The fourth-order valence-corrected chi connectivity index (χ4v) is 2.80. The molecular weight excluding hydrogens is 290 g/mol. The molecule has 2 aromatic rings. The molecule has 0 bridgehead atoms.